The fourth-order valence-corrected chi connectivity index (χ4v) is 2.45. The number of nitrogens with zero attached hydrogens (tertiary/aromatic N) is 2. The van der Waals surface area contributed by atoms with Crippen LogP contribution in [0.15, 0.2) is 18.2 Å². The highest BCUT2D eigenvalue weighted by Crippen LogP contribution is 2.35. The molecule has 6 heteroatoms. The molecular formula is C16H22N2O4. The molecule has 0 radical (unpaired) electrons. The number of ether oxygens (including phenoxy) is 1. The van der Waals surface area contributed by atoms with Gasteiger partial charge in [-0.25, -0.2) is 0 Å². The molecule has 0 unspecified atom stereocenters. The van der Waals surface area contributed by atoms with Crippen molar-refractivity contribution in [2.45, 2.75) is 20.3 Å². The number of hydrogen-bond donors (Lipinski definition) is 1. The van der Waals surface area contributed by atoms with Crippen molar-refractivity contribution in [1.29, 1.82) is 0 Å². The van der Waals surface area contributed by atoms with E-state index in [4.69, 9.17) is 9.84 Å². The normalized spacial score (nSPS) is 13.8. The van der Waals surface area contributed by atoms with Crippen LogP contribution in [-0.4, -0.2) is 43.7 Å². The molecule has 0 spiro atoms. The molecule has 2 rings (SSSR count). The third kappa shape index (κ3) is 3.69. The molecule has 1 amide bonds. The highest BCUT2D eigenvalue weighted by Gasteiger charge is 2.23. The predicted octanol–water partition coefficient (Wildman–Crippen LogP) is 1.98. The SMILES string of the molecule is CC(C)CN(CCC(=O)O)c1ccc2c(c1)N(C)C(=O)CO2. The van der Waals surface area contributed by atoms with Crippen LogP contribution >= 0.6 is 0 Å². The summed E-state index contributed by atoms with van der Waals surface area (Å²) in [5, 5.41) is 8.91. The molecule has 0 aromatic heterocycles. The minimum Gasteiger partial charge on any atom is -0.482 e. The van der Waals surface area contributed by atoms with Crippen molar-refractivity contribution in [1.82, 2.24) is 0 Å². The molecule has 1 N–H and O–H groups in total. The van der Waals surface area contributed by atoms with Crippen molar-refractivity contribution < 1.29 is 19.4 Å². The van der Waals surface area contributed by atoms with E-state index in [9.17, 15) is 9.59 Å². The lowest BCUT2D eigenvalue weighted by atomic mass is 10.1. The summed E-state index contributed by atoms with van der Waals surface area (Å²) in [6, 6.07) is 5.63. The van der Waals surface area contributed by atoms with Gasteiger partial charge in [0.2, 0.25) is 0 Å². The van der Waals surface area contributed by atoms with Gasteiger partial charge in [-0.1, -0.05) is 13.8 Å². The number of rotatable bonds is 6. The quantitative estimate of drug-likeness (QED) is 0.870. The van der Waals surface area contributed by atoms with E-state index in [1.165, 1.54) is 0 Å². The lowest BCUT2D eigenvalue weighted by Crippen LogP contribution is -2.36. The van der Waals surface area contributed by atoms with Crippen LogP contribution in [-0.2, 0) is 9.59 Å². The van der Waals surface area contributed by atoms with E-state index in [1.54, 1.807) is 11.9 Å². The first-order valence-electron chi connectivity index (χ1n) is 7.38. The van der Waals surface area contributed by atoms with Crippen LogP contribution in [0.1, 0.15) is 20.3 Å². The lowest BCUT2D eigenvalue weighted by Gasteiger charge is -2.30. The van der Waals surface area contributed by atoms with Crippen molar-refractivity contribution in [3.8, 4) is 5.75 Å². The molecule has 1 aromatic rings. The average Bonchev–Trinajstić information content (AvgIpc) is 2.46. The number of carbonyl (C=O) groups excluding carboxylic acids is 1. The Morgan fingerprint density at radius 1 is 1.45 bits per heavy atom. The molecule has 0 saturated carbocycles. The molecule has 0 atom stereocenters. The maximum atomic E-state index is 11.7. The summed E-state index contributed by atoms with van der Waals surface area (Å²) in [6.07, 6.45) is 0.0784. The van der Waals surface area contributed by atoms with Gasteiger partial charge < -0.3 is 19.6 Å². The highest BCUT2D eigenvalue weighted by molar-refractivity contribution is 5.97. The summed E-state index contributed by atoms with van der Waals surface area (Å²) in [7, 11) is 1.72. The lowest BCUT2D eigenvalue weighted by molar-refractivity contribution is -0.136. The van der Waals surface area contributed by atoms with Gasteiger partial charge in [0.1, 0.15) is 5.75 Å². The molecule has 0 saturated heterocycles. The number of likely N-dealkylation sites (N-methyl/N-ethyl adjacent to an activating group) is 1. The minimum atomic E-state index is -0.817. The second-order valence-corrected chi connectivity index (χ2v) is 5.88. The zero-order valence-electron chi connectivity index (χ0n) is 13.2. The number of amides is 1. The van der Waals surface area contributed by atoms with Gasteiger partial charge in [-0.15, -0.1) is 0 Å². The predicted molar refractivity (Wildman–Crippen MR) is 84.7 cm³/mol. The van der Waals surface area contributed by atoms with Crippen LogP contribution in [0, 0.1) is 5.92 Å². The van der Waals surface area contributed by atoms with E-state index in [0.29, 0.717) is 18.2 Å². The van der Waals surface area contributed by atoms with Gasteiger partial charge in [0.05, 0.1) is 12.1 Å². The smallest absolute Gasteiger partial charge is 0.305 e. The Kier molecular flexibility index (Phi) is 4.90. The van der Waals surface area contributed by atoms with E-state index in [0.717, 1.165) is 17.9 Å². The molecule has 120 valence electrons. The molecule has 1 aliphatic rings. The molecule has 6 nitrogen and oxygen atoms in total. The second-order valence-electron chi connectivity index (χ2n) is 5.88. The first kappa shape index (κ1) is 16.1. The van der Waals surface area contributed by atoms with E-state index in [-0.39, 0.29) is 18.9 Å². The third-order valence-electron chi connectivity index (χ3n) is 3.58. The van der Waals surface area contributed by atoms with Gasteiger partial charge in [-0.2, -0.15) is 0 Å². The van der Waals surface area contributed by atoms with E-state index < -0.39 is 5.97 Å². The molecule has 1 aromatic carbocycles. The molecule has 1 aliphatic heterocycles. The van der Waals surface area contributed by atoms with Gasteiger partial charge in [0, 0.05) is 25.8 Å². The van der Waals surface area contributed by atoms with Crippen LogP contribution in [0.5, 0.6) is 5.75 Å². The van der Waals surface area contributed by atoms with Crippen molar-refractivity contribution >= 4 is 23.3 Å². The summed E-state index contributed by atoms with van der Waals surface area (Å²) < 4.78 is 5.42. The Balaban J connectivity index is 2.27. The number of aliphatic carboxylic acids is 1. The number of carboxylic acids is 1. The summed E-state index contributed by atoms with van der Waals surface area (Å²) in [5.74, 6) is 0.168. The minimum absolute atomic E-state index is 0.0531. The fourth-order valence-electron chi connectivity index (χ4n) is 2.45. The summed E-state index contributed by atoms with van der Waals surface area (Å²) in [6.45, 7) is 5.42. The van der Waals surface area contributed by atoms with Crippen LogP contribution in [0.2, 0.25) is 0 Å². The van der Waals surface area contributed by atoms with Gasteiger partial charge >= 0.3 is 5.97 Å². The summed E-state index contributed by atoms with van der Waals surface area (Å²) in [5.41, 5.74) is 1.62. The highest BCUT2D eigenvalue weighted by atomic mass is 16.5. The van der Waals surface area contributed by atoms with Gasteiger partial charge in [-0.05, 0) is 24.1 Å². The molecule has 0 aliphatic carbocycles. The topological polar surface area (TPSA) is 70.1 Å². The van der Waals surface area contributed by atoms with Crippen molar-refractivity contribution in [2.75, 3.05) is 36.5 Å². The molecule has 22 heavy (non-hydrogen) atoms. The van der Waals surface area contributed by atoms with Crippen LogP contribution in [0.4, 0.5) is 11.4 Å². The average molecular weight is 306 g/mol. The maximum Gasteiger partial charge on any atom is 0.305 e. The zero-order chi connectivity index (χ0) is 16.3. The van der Waals surface area contributed by atoms with Crippen molar-refractivity contribution in [3.63, 3.8) is 0 Å². The second kappa shape index (κ2) is 6.68. The maximum absolute atomic E-state index is 11.7. The molecule has 0 fully saturated rings. The van der Waals surface area contributed by atoms with Gasteiger partial charge in [-0.3, -0.25) is 9.59 Å². The largest absolute Gasteiger partial charge is 0.482 e. The van der Waals surface area contributed by atoms with Crippen molar-refractivity contribution in [2.24, 2.45) is 5.92 Å². The van der Waals surface area contributed by atoms with Gasteiger partial charge in [0.15, 0.2) is 6.61 Å². The Morgan fingerprint density at radius 3 is 2.82 bits per heavy atom. The van der Waals surface area contributed by atoms with E-state index >= 15 is 0 Å². The van der Waals surface area contributed by atoms with Crippen molar-refractivity contribution in [3.05, 3.63) is 18.2 Å². The number of benzene rings is 1. The first-order chi connectivity index (χ1) is 10.4. The Labute approximate surface area is 130 Å². The monoisotopic (exact) mass is 306 g/mol. The van der Waals surface area contributed by atoms with Crippen LogP contribution < -0.4 is 14.5 Å². The van der Waals surface area contributed by atoms with Gasteiger partial charge in [0.25, 0.3) is 5.91 Å². The number of carbonyl (C=O) groups is 2. The molecule has 0 bridgehead atoms. The summed E-state index contributed by atoms with van der Waals surface area (Å²) in [4.78, 5) is 26.2. The van der Waals surface area contributed by atoms with Crippen LogP contribution in [0.3, 0.4) is 0 Å². The first-order valence-corrected chi connectivity index (χ1v) is 7.38. The van der Waals surface area contributed by atoms with E-state index in [2.05, 4.69) is 13.8 Å². The molecule has 1 heterocycles. The fraction of sp³-hybridized carbons (Fsp3) is 0.500. The number of fused-ring (bicyclic) bond motifs is 1. The van der Waals surface area contributed by atoms with Crippen LogP contribution in [0.25, 0.3) is 0 Å². The number of anilines is 2. The van der Waals surface area contributed by atoms with E-state index in [1.807, 2.05) is 23.1 Å². The Morgan fingerprint density at radius 2 is 2.18 bits per heavy atom. The standard InChI is InChI=1S/C16H22N2O4/c1-11(2)9-18(7-6-16(20)21)12-4-5-14-13(8-12)17(3)15(19)10-22-14/h4-5,8,11H,6-7,9-10H2,1-3H3,(H,20,21). The number of hydrogen-bond acceptors (Lipinski definition) is 4. The number of carboxylic acid groups (broad SMARTS) is 1. The Bertz CT molecular complexity index is 571. The Hall–Kier alpha value is -2.24. The summed E-state index contributed by atoms with van der Waals surface area (Å²) >= 11 is 0. The zero-order valence-corrected chi connectivity index (χ0v) is 13.2. The molecular weight excluding hydrogens is 284 g/mol. The third-order valence-corrected chi connectivity index (χ3v) is 3.58.